The second kappa shape index (κ2) is 1.92. The first-order valence-electron chi connectivity index (χ1n) is 2.82. The number of hydrogen-bond donors (Lipinski definition) is 1. The highest BCUT2D eigenvalue weighted by molar-refractivity contribution is 4.87. The fourth-order valence-corrected chi connectivity index (χ4v) is 0.637. The Bertz CT molecular complexity index is 137. The molecule has 0 aromatic rings. The summed E-state index contributed by atoms with van der Waals surface area (Å²) in [6.07, 6.45) is 1.48. The van der Waals surface area contributed by atoms with Gasteiger partial charge in [0, 0.05) is 19.9 Å². The zero-order valence-corrected chi connectivity index (χ0v) is 5.55. The van der Waals surface area contributed by atoms with Crippen molar-refractivity contribution in [3.63, 3.8) is 0 Å². The van der Waals surface area contributed by atoms with Crippen molar-refractivity contribution < 1.29 is 14.6 Å². The molecule has 0 saturated heterocycles. The van der Waals surface area contributed by atoms with E-state index in [0.717, 1.165) is 0 Å². The molecule has 1 N–H and O–H groups in total. The lowest BCUT2D eigenvalue weighted by molar-refractivity contribution is -0.218. The number of rotatable bonds is 0. The van der Waals surface area contributed by atoms with Gasteiger partial charge in [0.05, 0.1) is 6.61 Å². The van der Waals surface area contributed by atoms with E-state index in [0.29, 0.717) is 6.61 Å². The van der Waals surface area contributed by atoms with Crippen LogP contribution in [0.2, 0.25) is 0 Å². The van der Waals surface area contributed by atoms with E-state index < -0.39 is 5.79 Å². The lowest BCUT2D eigenvalue weighted by Gasteiger charge is -2.28. The molecule has 0 atom stereocenters. The van der Waals surface area contributed by atoms with Crippen LogP contribution in [-0.2, 0) is 9.47 Å². The maximum atomic E-state index is 8.80. The van der Waals surface area contributed by atoms with Crippen molar-refractivity contribution in [3.05, 3.63) is 12.0 Å². The zero-order valence-electron chi connectivity index (χ0n) is 5.55. The van der Waals surface area contributed by atoms with Crippen LogP contribution in [0.5, 0.6) is 0 Å². The minimum Gasteiger partial charge on any atom is -0.481 e. The Morgan fingerprint density at radius 1 is 1.67 bits per heavy atom. The Balaban J connectivity index is 2.59. The second-order valence-corrected chi connectivity index (χ2v) is 2.36. The molecular weight excluding hydrogens is 120 g/mol. The van der Waals surface area contributed by atoms with Crippen LogP contribution in [0.15, 0.2) is 12.0 Å². The quantitative estimate of drug-likeness (QED) is 0.535. The Morgan fingerprint density at radius 3 is 2.67 bits per heavy atom. The van der Waals surface area contributed by atoms with Crippen LogP contribution in [0.25, 0.3) is 0 Å². The van der Waals surface area contributed by atoms with Gasteiger partial charge in [-0.15, -0.1) is 0 Å². The minimum atomic E-state index is -0.668. The van der Waals surface area contributed by atoms with Crippen LogP contribution in [0.3, 0.4) is 0 Å². The molecule has 0 aliphatic carbocycles. The van der Waals surface area contributed by atoms with Gasteiger partial charge in [0.2, 0.25) is 5.79 Å². The minimum absolute atomic E-state index is 0.0498. The molecule has 0 radical (unpaired) electrons. The smallest absolute Gasteiger partial charge is 0.277 e. The zero-order chi connectivity index (χ0) is 6.91. The summed E-state index contributed by atoms with van der Waals surface area (Å²) in [5.41, 5.74) is 0. The van der Waals surface area contributed by atoms with Gasteiger partial charge in [-0.25, -0.2) is 0 Å². The van der Waals surface area contributed by atoms with E-state index in [1.807, 2.05) is 0 Å². The Kier molecular flexibility index (Phi) is 1.37. The average molecular weight is 130 g/mol. The van der Waals surface area contributed by atoms with E-state index in [-0.39, 0.29) is 5.95 Å². The van der Waals surface area contributed by atoms with Crippen molar-refractivity contribution >= 4 is 0 Å². The van der Waals surface area contributed by atoms with Gasteiger partial charge in [0.1, 0.15) is 0 Å². The third-order valence-corrected chi connectivity index (χ3v) is 1.04. The highest BCUT2D eigenvalue weighted by atomic mass is 16.7. The second-order valence-electron chi connectivity index (χ2n) is 2.36. The Hall–Kier alpha value is -0.700. The molecule has 9 heavy (non-hydrogen) atoms. The van der Waals surface area contributed by atoms with Gasteiger partial charge in [-0.1, -0.05) is 0 Å². The van der Waals surface area contributed by atoms with E-state index in [4.69, 9.17) is 14.6 Å². The molecule has 1 aliphatic rings. The third-order valence-electron chi connectivity index (χ3n) is 1.04. The lowest BCUT2D eigenvalue weighted by Crippen LogP contribution is -2.31. The number of aliphatic hydroxyl groups is 1. The summed E-state index contributed by atoms with van der Waals surface area (Å²) in [6.45, 7) is 3.91. The van der Waals surface area contributed by atoms with Crippen LogP contribution in [0.4, 0.5) is 0 Å². The van der Waals surface area contributed by atoms with Crippen LogP contribution >= 0.6 is 0 Å². The van der Waals surface area contributed by atoms with E-state index >= 15 is 0 Å². The molecule has 0 aromatic carbocycles. The Morgan fingerprint density at radius 2 is 2.33 bits per heavy atom. The monoisotopic (exact) mass is 130 g/mol. The summed E-state index contributed by atoms with van der Waals surface area (Å²) in [6, 6.07) is 0. The third kappa shape index (κ3) is 1.61. The average Bonchev–Trinajstić information content (AvgIpc) is 1.60. The largest absolute Gasteiger partial charge is 0.481 e. The van der Waals surface area contributed by atoms with Crippen LogP contribution < -0.4 is 0 Å². The van der Waals surface area contributed by atoms with Crippen molar-refractivity contribution in [2.75, 3.05) is 6.61 Å². The van der Waals surface area contributed by atoms with Crippen molar-refractivity contribution in [1.82, 2.24) is 0 Å². The maximum Gasteiger partial charge on any atom is 0.277 e. The van der Waals surface area contributed by atoms with Gasteiger partial charge < -0.3 is 14.6 Å². The molecule has 52 valence electrons. The lowest BCUT2D eigenvalue weighted by atomic mass is 10.3. The predicted molar refractivity (Wildman–Crippen MR) is 31.8 cm³/mol. The summed E-state index contributed by atoms with van der Waals surface area (Å²) in [4.78, 5) is 0. The summed E-state index contributed by atoms with van der Waals surface area (Å²) in [5, 5.41) is 8.80. The summed E-state index contributed by atoms with van der Waals surface area (Å²) in [7, 11) is 0. The predicted octanol–water partition coefficient (Wildman–Crippen LogP) is 1.17. The SMILES string of the molecule is CC1(C)OCC=C(O)O1. The van der Waals surface area contributed by atoms with Gasteiger partial charge in [-0.3, -0.25) is 0 Å². The molecule has 3 nitrogen and oxygen atoms in total. The normalized spacial score (nSPS) is 24.4. The molecular formula is C6H10O3. The molecule has 0 amide bonds. The first kappa shape index (κ1) is 6.42. The molecule has 1 aliphatic heterocycles. The fourth-order valence-electron chi connectivity index (χ4n) is 0.637. The van der Waals surface area contributed by atoms with Crippen LogP contribution in [-0.4, -0.2) is 17.5 Å². The van der Waals surface area contributed by atoms with E-state index in [9.17, 15) is 0 Å². The van der Waals surface area contributed by atoms with Gasteiger partial charge in [0.25, 0.3) is 5.95 Å². The molecule has 0 bridgehead atoms. The summed E-state index contributed by atoms with van der Waals surface area (Å²) < 4.78 is 9.95. The molecule has 1 heterocycles. The highest BCUT2D eigenvalue weighted by Crippen LogP contribution is 2.18. The number of hydrogen-bond acceptors (Lipinski definition) is 3. The van der Waals surface area contributed by atoms with Crippen molar-refractivity contribution in [2.45, 2.75) is 19.6 Å². The van der Waals surface area contributed by atoms with E-state index in [1.165, 1.54) is 6.08 Å². The molecule has 0 fully saturated rings. The van der Waals surface area contributed by atoms with Crippen molar-refractivity contribution in [2.24, 2.45) is 0 Å². The Labute approximate surface area is 53.9 Å². The first-order chi connectivity index (χ1) is 4.10. The first-order valence-corrected chi connectivity index (χ1v) is 2.82. The standard InChI is InChI=1S/C6H10O3/c1-6(2)8-4-3-5(7)9-6/h3,7H,4H2,1-2H3. The fraction of sp³-hybridized carbons (Fsp3) is 0.667. The van der Waals surface area contributed by atoms with Crippen LogP contribution in [0.1, 0.15) is 13.8 Å². The summed E-state index contributed by atoms with van der Waals surface area (Å²) >= 11 is 0. The van der Waals surface area contributed by atoms with Gasteiger partial charge in [-0.2, -0.15) is 0 Å². The molecule has 0 aromatic heterocycles. The summed E-state index contributed by atoms with van der Waals surface area (Å²) in [5.74, 6) is -0.718. The number of ether oxygens (including phenoxy) is 2. The van der Waals surface area contributed by atoms with Crippen LogP contribution in [0, 0.1) is 0 Å². The highest BCUT2D eigenvalue weighted by Gasteiger charge is 2.23. The number of aliphatic hydroxyl groups excluding tert-OH is 1. The van der Waals surface area contributed by atoms with Gasteiger partial charge >= 0.3 is 0 Å². The van der Waals surface area contributed by atoms with Crippen molar-refractivity contribution in [3.8, 4) is 0 Å². The molecule has 3 heteroatoms. The van der Waals surface area contributed by atoms with E-state index in [2.05, 4.69) is 0 Å². The van der Waals surface area contributed by atoms with Gasteiger partial charge in [0.15, 0.2) is 0 Å². The van der Waals surface area contributed by atoms with Gasteiger partial charge in [-0.05, 0) is 0 Å². The van der Waals surface area contributed by atoms with Crippen molar-refractivity contribution in [1.29, 1.82) is 0 Å². The topological polar surface area (TPSA) is 38.7 Å². The molecule has 0 spiro atoms. The molecule has 0 unspecified atom stereocenters. The molecule has 1 rings (SSSR count). The van der Waals surface area contributed by atoms with E-state index in [1.54, 1.807) is 13.8 Å². The maximum absolute atomic E-state index is 8.80. The molecule has 0 saturated carbocycles.